The van der Waals surface area contributed by atoms with Crippen molar-refractivity contribution in [3.63, 3.8) is 0 Å². The Morgan fingerprint density at radius 1 is 1.32 bits per heavy atom. The number of halogens is 1. The topological polar surface area (TPSA) is 68.5 Å². The lowest BCUT2D eigenvalue weighted by Crippen LogP contribution is -2.17. The smallest absolute Gasteiger partial charge is 0.169 e. The van der Waals surface area contributed by atoms with Crippen molar-refractivity contribution >= 4 is 17.4 Å². The summed E-state index contributed by atoms with van der Waals surface area (Å²) in [6.07, 6.45) is 1.66. The second-order valence-corrected chi connectivity index (χ2v) is 5.72. The van der Waals surface area contributed by atoms with E-state index in [2.05, 4.69) is 25.4 Å². The summed E-state index contributed by atoms with van der Waals surface area (Å²) in [5.41, 5.74) is -0.148. The highest BCUT2D eigenvalue weighted by molar-refractivity contribution is 6.29. The van der Waals surface area contributed by atoms with Crippen LogP contribution in [0.4, 0.5) is 5.82 Å². The van der Waals surface area contributed by atoms with Gasteiger partial charge >= 0.3 is 0 Å². The maximum absolute atomic E-state index is 6.02. The lowest BCUT2D eigenvalue weighted by molar-refractivity contribution is 0.546. The molecule has 2 rings (SSSR count). The molecule has 0 atom stereocenters. The van der Waals surface area contributed by atoms with Gasteiger partial charge in [-0.3, -0.25) is 4.68 Å². The monoisotopic (exact) mass is 280 g/mol. The first-order chi connectivity index (χ1) is 8.84. The number of hydrogen-bond acceptors (Lipinski definition) is 5. The fraction of sp³-hybridized carbons (Fsp3) is 0.500. The molecule has 0 saturated heterocycles. The lowest BCUT2D eigenvalue weighted by Gasteiger charge is -2.17. The third-order valence-corrected chi connectivity index (χ3v) is 2.63. The van der Waals surface area contributed by atoms with Gasteiger partial charge in [0.25, 0.3) is 0 Å². The molecule has 1 N–H and O–H groups in total. The number of nitrogens with zero attached hydrogens (tertiary/aromatic N) is 5. The van der Waals surface area contributed by atoms with E-state index >= 15 is 0 Å². The van der Waals surface area contributed by atoms with Gasteiger partial charge in [-0.25, -0.2) is 15.0 Å². The average molecular weight is 281 g/mol. The molecule has 0 unspecified atom stereocenters. The average Bonchev–Trinajstić information content (AvgIpc) is 2.71. The first kappa shape index (κ1) is 13.7. The van der Waals surface area contributed by atoms with Gasteiger partial charge in [-0.2, -0.15) is 5.10 Å². The highest BCUT2D eigenvalue weighted by atomic mass is 35.5. The molecule has 19 heavy (non-hydrogen) atoms. The van der Waals surface area contributed by atoms with Crippen molar-refractivity contribution in [2.24, 2.45) is 7.05 Å². The van der Waals surface area contributed by atoms with Crippen LogP contribution in [-0.2, 0) is 19.0 Å². The molecule has 0 fully saturated rings. The van der Waals surface area contributed by atoms with Gasteiger partial charge in [0.15, 0.2) is 5.82 Å². The van der Waals surface area contributed by atoms with Crippen molar-refractivity contribution in [2.45, 2.75) is 32.7 Å². The van der Waals surface area contributed by atoms with Crippen LogP contribution in [0.15, 0.2) is 12.4 Å². The molecule has 0 spiro atoms. The summed E-state index contributed by atoms with van der Waals surface area (Å²) in [5, 5.41) is 7.77. The van der Waals surface area contributed by atoms with Gasteiger partial charge in [0.1, 0.15) is 23.1 Å². The highest BCUT2D eigenvalue weighted by Crippen LogP contribution is 2.22. The summed E-state index contributed by atoms with van der Waals surface area (Å²) in [4.78, 5) is 12.8. The van der Waals surface area contributed by atoms with Crippen molar-refractivity contribution in [2.75, 3.05) is 5.32 Å². The fourth-order valence-electron chi connectivity index (χ4n) is 1.48. The standard InChI is InChI=1S/C12H17ClN6/c1-12(2,3)11-16-8(13)5-9(17-11)14-6-10-15-7-19(4)18-10/h5,7H,6H2,1-4H3,(H,14,16,17). The Labute approximate surface area is 117 Å². The molecular weight excluding hydrogens is 264 g/mol. The minimum Gasteiger partial charge on any atom is -0.363 e. The largest absolute Gasteiger partial charge is 0.363 e. The Bertz CT molecular complexity index is 572. The number of hydrogen-bond donors (Lipinski definition) is 1. The Morgan fingerprint density at radius 2 is 2.05 bits per heavy atom. The zero-order chi connectivity index (χ0) is 14.0. The molecule has 7 heteroatoms. The molecule has 0 aliphatic rings. The van der Waals surface area contributed by atoms with Crippen molar-refractivity contribution in [3.8, 4) is 0 Å². The molecule has 2 aromatic heterocycles. The number of aromatic nitrogens is 5. The second-order valence-electron chi connectivity index (χ2n) is 5.34. The Kier molecular flexibility index (Phi) is 3.71. The predicted octanol–water partition coefficient (Wildman–Crippen LogP) is 2.17. The zero-order valence-electron chi connectivity index (χ0n) is 11.5. The summed E-state index contributed by atoms with van der Waals surface area (Å²) < 4.78 is 1.66. The van der Waals surface area contributed by atoms with E-state index in [1.807, 2.05) is 27.8 Å². The van der Waals surface area contributed by atoms with Crippen LogP contribution in [0, 0.1) is 0 Å². The third-order valence-electron chi connectivity index (χ3n) is 2.44. The van der Waals surface area contributed by atoms with Crippen molar-refractivity contribution in [1.29, 1.82) is 0 Å². The normalized spacial score (nSPS) is 11.6. The molecule has 2 heterocycles. The van der Waals surface area contributed by atoms with Crippen LogP contribution in [0.5, 0.6) is 0 Å². The van der Waals surface area contributed by atoms with Crippen LogP contribution in [0.2, 0.25) is 5.15 Å². The lowest BCUT2D eigenvalue weighted by atomic mass is 9.96. The number of aryl methyl sites for hydroxylation is 1. The van der Waals surface area contributed by atoms with Gasteiger partial charge in [-0.05, 0) is 0 Å². The Balaban J connectivity index is 2.14. The van der Waals surface area contributed by atoms with Crippen LogP contribution in [-0.4, -0.2) is 24.7 Å². The van der Waals surface area contributed by atoms with E-state index in [1.165, 1.54) is 0 Å². The predicted molar refractivity (Wildman–Crippen MR) is 74.1 cm³/mol. The van der Waals surface area contributed by atoms with E-state index in [4.69, 9.17) is 11.6 Å². The van der Waals surface area contributed by atoms with Crippen LogP contribution < -0.4 is 5.32 Å². The molecule has 6 nitrogen and oxygen atoms in total. The molecule has 102 valence electrons. The first-order valence-electron chi connectivity index (χ1n) is 5.98. The van der Waals surface area contributed by atoms with Crippen LogP contribution in [0.25, 0.3) is 0 Å². The number of rotatable bonds is 3. The molecule has 0 amide bonds. The van der Waals surface area contributed by atoms with Crippen LogP contribution >= 0.6 is 11.6 Å². The summed E-state index contributed by atoms with van der Waals surface area (Å²) in [5.74, 6) is 2.09. The summed E-state index contributed by atoms with van der Waals surface area (Å²) >= 11 is 6.02. The van der Waals surface area contributed by atoms with Gasteiger partial charge in [0.2, 0.25) is 0 Å². The van der Waals surface area contributed by atoms with Crippen LogP contribution in [0.3, 0.4) is 0 Å². The summed E-state index contributed by atoms with van der Waals surface area (Å²) in [6.45, 7) is 6.63. The van der Waals surface area contributed by atoms with Crippen molar-refractivity contribution < 1.29 is 0 Å². The minimum absolute atomic E-state index is 0.148. The van der Waals surface area contributed by atoms with E-state index in [9.17, 15) is 0 Å². The minimum atomic E-state index is -0.148. The van der Waals surface area contributed by atoms with E-state index in [0.29, 0.717) is 29.2 Å². The van der Waals surface area contributed by atoms with E-state index < -0.39 is 0 Å². The van der Waals surface area contributed by atoms with E-state index in [-0.39, 0.29) is 5.41 Å². The highest BCUT2D eigenvalue weighted by Gasteiger charge is 2.18. The third kappa shape index (κ3) is 3.64. The van der Waals surface area contributed by atoms with Crippen molar-refractivity contribution in [3.05, 3.63) is 29.2 Å². The summed E-state index contributed by atoms with van der Waals surface area (Å²) in [7, 11) is 1.83. The van der Waals surface area contributed by atoms with Gasteiger partial charge < -0.3 is 5.32 Å². The zero-order valence-corrected chi connectivity index (χ0v) is 12.2. The van der Waals surface area contributed by atoms with Crippen molar-refractivity contribution in [1.82, 2.24) is 24.7 Å². The number of nitrogens with one attached hydrogen (secondary N) is 1. The van der Waals surface area contributed by atoms with Gasteiger partial charge in [0, 0.05) is 18.5 Å². The van der Waals surface area contributed by atoms with Gasteiger partial charge in [0.05, 0.1) is 6.54 Å². The molecule has 0 aliphatic heterocycles. The molecule has 2 aromatic rings. The maximum atomic E-state index is 6.02. The SMILES string of the molecule is Cn1cnc(CNc2cc(Cl)nc(C(C)(C)C)n2)n1. The first-order valence-corrected chi connectivity index (χ1v) is 6.36. The Morgan fingerprint density at radius 3 is 2.63 bits per heavy atom. The molecule has 0 radical (unpaired) electrons. The van der Waals surface area contributed by atoms with E-state index in [0.717, 1.165) is 0 Å². The second kappa shape index (κ2) is 5.13. The summed E-state index contributed by atoms with van der Waals surface area (Å²) in [6, 6.07) is 1.69. The quantitative estimate of drug-likeness (QED) is 0.873. The molecule has 0 aliphatic carbocycles. The van der Waals surface area contributed by atoms with E-state index in [1.54, 1.807) is 17.1 Å². The Hall–Kier alpha value is -1.69. The maximum Gasteiger partial charge on any atom is 0.169 e. The molecule has 0 saturated carbocycles. The molecular formula is C12H17ClN6. The van der Waals surface area contributed by atoms with Gasteiger partial charge in [-0.15, -0.1) is 0 Å². The molecule has 0 bridgehead atoms. The van der Waals surface area contributed by atoms with Crippen LogP contribution in [0.1, 0.15) is 32.4 Å². The van der Waals surface area contributed by atoms with Gasteiger partial charge in [-0.1, -0.05) is 32.4 Å². The molecule has 0 aromatic carbocycles. The fourth-order valence-corrected chi connectivity index (χ4v) is 1.66. The number of anilines is 1.